The highest BCUT2D eigenvalue weighted by Crippen LogP contribution is 2.30. The van der Waals surface area contributed by atoms with Gasteiger partial charge in [-0.15, -0.1) is 0 Å². The first-order valence-corrected chi connectivity index (χ1v) is 6.57. The summed E-state index contributed by atoms with van der Waals surface area (Å²) < 4.78 is 13.7. The monoisotopic (exact) mass is 264 g/mol. The number of benzene rings is 1. The lowest BCUT2D eigenvalue weighted by Crippen LogP contribution is -2.19. The van der Waals surface area contributed by atoms with Crippen molar-refractivity contribution in [2.24, 2.45) is 0 Å². The summed E-state index contributed by atoms with van der Waals surface area (Å²) in [5, 5.41) is 0. The van der Waals surface area contributed by atoms with E-state index in [1.807, 2.05) is 12.1 Å². The number of rotatable bonds is 2. The number of methoxy groups -OCH3 is 1. The second kappa shape index (κ2) is 4.74. The lowest BCUT2D eigenvalue weighted by Gasteiger charge is -2.24. The van der Waals surface area contributed by atoms with Crippen LogP contribution in [0.25, 0.3) is 11.0 Å². The quantitative estimate of drug-likeness (QED) is 0.847. The van der Waals surface area contributed by atoms with Crippen LogP contribution in [0.4, 0.5) is 0 Å². The second-order valence-electron chi connectivity index (χ2n) is 4.50. The fourth-order valence-corrected chi connectivity index (χ4v) is 2.95. The van der Waals surface area contributed by atoms with Crippen molar-refractivity contribution in [3.63, 3.8) is 0 Å². The molecule has 0 spiro atoms. The van der Waals surface area contributed by atoms with Crippen molar-refractivity contribution in [1.29, 1.82) is 0 Å². The largest absolute Gasteiger partial charge is 0.494 e. The molecule has 2 heterocycles. The van der Waals surface area contributed by atoms with Crippen LogP contribution in [0, 0.1) is 4.77 Å². The van der Waals surface area contributed by atoms with Crippen LogP contribution in [0.2, 0.25) is 0 Å². The fraction of sp³-hybridized carbons (Fsp3) is 0.462. The number of aromatic amines is 1. The normalized spacial score (nSPS) is 17.2. The zero-order valence-electron chi connectivity index (χ0n) is 10.3. The number of nitrogens with zero attached hydrogens (tertiary/aromatic N) is 1. The van der Waals surface area contributed by atoms with Gasteiger partial charge >= 0.3 is 0 Å². The summed E-state index contributed by atoms with van der Waals surface area (Å²) in [6, 6.07) is 6.45. The molecule has 0 radical (unpaired) electrons. The topological polar surface area (TPSA) is 39.2 Å². The molecule has 0 amide bonds. The van der Waals surface area contributed by atoms with Crippen molar-refractivity contribution in [3.05, 3.63) is 23.0 Å². The number of aromatic nitrogens is 2. The molecule has 3 rings (SSSR count). The molecule has 18 heavy (non-hydrogen) atoms. The molecule has 0 unspecified atom stereocenters. The zero-order chi connectivity index (χ0) is 12.5. The van der Waals surface area contributed by atoms with Crippen LogP contribution in [0.5, 0.6) is 5.75 Å². The van der Waals surface area contributed by atoms with E-state index < -0.39 is 0 Å². The Bertz CT molecular complexity index is 611. The minimum Gasteiger partial charge on any atom is -0.494 e. The van der Waals surface area contributed by atoms with Gasteiger partial charge in [0.2, 0.25) is 0 Å². The molecule has 0 atom stereocenters. The summed E-state index contributed by atoms with van der Waals surface area (Å²) in [4.78, 5) is 3.26. The van der Waals surface area contributed by atoms with Gasteiger partial charge in [-0.05, 0) is 37.2 Å². The Labute approximate surface area is 111 Å². The van der Waals surface area contributed by atoms with E-state index in [4.69, 9.17) is 21.7 Å². The van der Waals surface area contributed by atoms with Gasteiger partial charge < -0.3 is 19.0 Å². The Morgan fingerprint density at radius 2 is 2.17 bits per heavy atom. The van der Waals surface area contributed by atoms with Crippen LogP contribution in [-0.2, 0) is 4.74 Å². The first kappa shape index (κ1) is 11.7. The predicted molar refractivity (Wildman–Crippen MR) is 72.8 cm³/mol. The van der Waals surface area contributed by atoms with E-state index in [1.54, 1.807) is 7.11 Å². The van der Waals surface area contributed by atoms with Gasteiger partial charge in [0, 0.05) is 19.3 Å². The molecule has 5 heteroatoms. The molecule has 4 nitrogen and oxygen atoms in total. The van der Waals surface area contributed by atoms with Crippen molar-refractivity contribution in [3.8, 4) is 5.75 Å². The third-order valence-electron chi connectivity index (χ3n) is 3.49. The molecule has 1 aromatic carbocycles. The maximum Gasteiger partial charge on any atom is 0.178 e. The van der Waals surface area contributed by atoms with Gasteiger partial charge in [-0.25, -0.2) is 0 Å². The van der Waals surface area contributed by atoms with Gasteiger partial charge in [-0.2, -0.15) is 0 Å². The van der Waals surface area contributed by atoms with E-state index in [0.717, 1.165) is 47.6 Å². The van der Waals surface area contributed by atoms with Crippen molar-refractivity contribution >= 4 is 23.3 Å². The van der Waals surface area contributed by atoms with Crippen molar-refractivity contribution < 1.29 is 9.47 Å². The van der Waals surface area contributed by atoms with E-state index in [9.17, 15) is 0 Å². The Morgan fingerprint density at radius 3 is 2.89 bits per heavy atom. The molecule has 1 fully saturated rings. The number of ether oxygens (including phenoxy) is 2. The van der Waals surface area contributed by atoms with E-state index >= 15 is 0 Å². The summed E-state index contributed by atoms with van der Waals surface area (Å²) in [5.41, 5.74) is 2.10. The number of imidazole rings is 1. The smallest absolute Gasteiger partial charge is 0.178 e. The van der Waals surface area contributed by atoms with Crippen LogP contribution >= 0.6 is 12.2 Å². The number of hydrogen-bond donors (Lipinski definition) is 1. The molecule has 0 aliphatic carbocycles. The number of hydrogen-bond acceptors (Lipinski definition) is 3. The van der Waals surface area contributed by atoms with Crippen LogP contribution in [0.15, 0.2) is 18.2 Å². The molecule has 0 saturated carbocycles. The highest BCUT2D eigenvalue weighted by atomic mass is 32.1. The summed E-state index contributed by atoms with van der Waals surface area (Å²) >= 11 is 5.45. The van der Waals surface area contributed by atoms with Crippen LogP contribution in [0.1, 0.15) is 18.9 Å². The van der Waals surface area contributed by atoms with E-state index in [0.29, 0.717) is 6.04 Å². The molecule has 1 aliphatic rings. The Hall–Kier alpha value is -1.33. The van der Waals surface area contributed by atoms with Crippen LogP contribution < -0.4 is 4.74 Å². The Morgan fingerprint density at radius 1 is 1.39 bits per heavy atom. The second-order valence-corrected chi connectivity index (χ2v) is 4.88. The molecular weight excluding hydrogens is 248 g/mol. The number of nitrogens with one attached hydrogen (secondary N) is 1. The Kier molecular flexibility index (Phi) is 3.09. The third kappa shape index (κ3) is 1.83. The van der Waals surface area contributed by atoms with E-state index in [2.05, 4.69) is 15.6 Å². The number of para-hydroxylation sites is 1. The molecule has 0 bridgehead atoms. The number of H-pyrrole nitrogens is 1. The zero-order valence-corrected chi connectivity index (χ0v) is 11.1. The van der Waals surface area contributed by atoms with Gasteiger partial charge in [0.1, 0.15) is 11.3 Å². The maximum absolute atomic E-state index is 5.45. The van der Waals surface area contributed by atoms with E-state index in [1.165, 1.54) is 0 Å². The average Bonchev–Trinajstić information content (AvgIpc) is 2.75. The molecule has 2 aromatic rings. The minimum absolute atomic E-state index is 0.423. The number of fused-ring (bicyclic) bond motifs is 1. The van der Waals surface area contributed by atoms with Gasteiger partial charge in [-0.1, -0.05) is 6.07 Å². The van der Waals surface area contributed by atoms with Crippen LogP contribution in [0.3, 0.4) is 0 Å². The standard InChI is InChI=1S/C13H16N2O2S/c1-16-11-4-2-3-10-12(11)14-13(18)15(10)9-5-7-17-8-6-9/h2-4,9H,5-8H2,1H3,(H,14,18). The Balaban J connectivity index is 2.16. The molecular formula is C13H16N2O2S. The molecule has 1 N–H and O–H groups in total. The maximum atomic E-state index is 5.45. The third-order valence-corrected chi connectivity index (χ3v) is 3.79. The molecule has 1 aliphatic heterocycles. The lowest BCUT2D eigenvalue weighted by atomic mass is 10.1. The minimum atomic E-state index is 0.423. The first-order valence-electron chi connectivity index (χ1n) is 6.16. The first-order chi connectivity index (χ1) is 8.81. The SMILES string of the molecule is COc1cccc2c1[nH]c(=S)n2C1CCOCC1. The summed E-state index contributed by atoms with van der Waals surface area (Å²) in [5.74, 6) is 0.837. The molecule has 96 valence electrons. The highest BCUT2D eigenvalue weighted by Gasteiger charge is 2.19. The van der Waals surface area contributed by atoms with Crippen molar-refractivity contribution in [2.45, 2.75) is 18.9 Å². The lowest BCUT2D eigenvalue weighted by molar-refractivity contribution is 0.0702. The average molecular weight is 264 g/mol. The van der Waals surface area contributed by atoms with Crippen molar-refractivity contribution in [1.82, 2.24) is 9.55 Å². The van der Waals surface area contributed by atoms with Gasteiger partial charge in [0.25, 0.3) is 0 Å². The fourth-order valence-electron chi connectivity index (χ4n) is 2.60. The predicted octanol–water partition coefficient (Wildman–Crippen LogP) is 3.06. The van der Waals surface area contributed by atoms with Gasteiger partial charge in [0.05, 0.1) is 12.6 Å². The summed E-state index contributed by atoms with van der Waals surface area (Å²) in [6.07, 6.45) is 2.02. The van der Waals surface area contributed by atoms with Gasteiger partial charge in [-0.3, -0.25) is 0 Å². The highest BCUT2D eigenvalue weighted by molar-refractivity contribution is 7.71. The summed E-state index contributed by atoms with van der Waals surface area (Å²) in [7, 11) is 1.68. The molecule has 1 saturated heterocycles. The molecule has 1 aromatic heterocycles. The van der Waals surface area contributed by atoms with Crippen molar-refractivity contribution in [2.75, 3.05) is 20.3 Å². The summed E-state index contributed by atoms with van der Waals surface area (Å²) in [6.45, 7) is 1.62. The van der Waals surface area contributed by atoms with E-state index in [-0.39, 0.29) is 0 Å². The van der Waals surface area contributed by atoms with Crippen LogP contribution in [-0.4, -0.2) is 29.9 Å². The van der Waals surface area contributed by atoms with Gasteiger partial charge in [0.15, 0.2) is 4.77 Å².